The van der Waals surface area contributed by atoms with E-state index in [9.17, 15) is 0 Å². The first-order valence-corrected chi connectivity index (χ1v) is 8.95. The van der Waals surface area contributed by atoms with Crippen LogP contribution < -0.4 is 0 Å². The summed E-state index contributed by atoms with van der Waals surface area (Å²) in [6.45, 7) is 2.05. The summed E-state index contributed by atoms with van der Waals surface area (Å²) in [6, 6.07) is 12.9. The first-order valence-electron chi connectivity index (χ1n) is 8.95. The smallest absolute Gasteiger partial charge is 0.139 e. The van der Waals surface area contributed by atoms with Crippen LogP contribution in [0.2, 0.25) is 0 Å². The molecule has 1 aliphatic heterocycles. The van der Waals surface area contributed by atoms with Gasteiger partial charge in [0.1, 0.15) is 5.82 Å². The molecular formula is C21H24N4. The van der Waals surface area contributed by atoms with Gasteiger partial charge in [0, 0.05) is 61.8 Å². The van der Waals surface area contributed by atoms with Gasteiger partial charge in [0.2, 0.25) is 0 Å². The fourth-order valence-corrected chi connectivity index (χ4v) is 3.64. The summed E-state index contributed by atoms with van der Waals surface area (Å²) >= 11 is 0. The molecule has 1 fully saturated rings. The van der Waals surface area contributed by atoms with E-state index in [1.807, 2.05) is 12.4 Å². The van der Waals surface area contributed by atoms with Crippen LogP contribution in [-0.2, 0) is 13.6 Å². The molecule has 0 amide bonds. The molecule has 0 bridgehead atoms. The molecule has 1 aromatic carbocycles. The van der Waals surface area contributed by atoms with E-state index in [0.717, 1.165) is 25.3 Å². The van der Waals surface area contributed by atoms with E-state index in [2.05, 4.69) is 75.3 Å². The zero-order chi connectivity index (χ0) is 17.1. The Morgan fingerprint density at radius 3 is 2.76 bits per heavy atom. The van der Waals surface area contributed by atoms with Crippen LogP contribution >= 0.6 is 0 Å². The number of likely N-dealkylation sites (tertiary alicyclic amines) is 1. The Labute approximate surface area is 148 Å². The maximum absolute atomic E-state index is 4.57. The van der Waals surface area contributed by atoms with Gasteiger partial charge in [0.15, 0.2) is 0 Å². The normalized spacial score (nSPS) is 16.9. The number of aromatic amines is 1. The average Bonchev–Trinajstić information content (AvgIpc) is 3.30. The molecular weight excluding hydrogens is 308 g/mol. The Hall–Kier alpha value is -2.75. The third-order valence-corrected chi connectivity index (χ3v) is 4.83. The second kappa shape index (κ2) is 7.01. The number of hydrogen-bond acceptors (Lipinski definition) is 2. The maximum atomic E-state index is 4.57. The quantitative estimate of drug-likeness (QED) is 0.777. The van der Waals surface area contributed by atoms with Crippen molar-refractivity contribution in [3.8, 4) is 0 Å². The van der Waals surface area contributed by atoms with E-state index < -0.39 is 0 Å². The minimum absolute atomic E-state index is 0.952. The van der Waals surface area contributed by atoms with E-state index in [0.29, 0.717) is 0 Å². The second-order valence-corrected chi connectivity index (χ2v) is 6.69. The molecule has 4 heteroatoms. The van der Waals surface area contributed by atoms with E-state index in [-0.39, 0.29) is 0 Å². The van der Waals surface area contributed by atoms with Crippen molar-refractivity contribution >= 4 is 5.57 Å². The zero-order valence-electron chi connectivity index (χ0n) is 14.7. The molecule has 0 spiro atoms. The average molecular weight is 332 g/mol. The molecule has 0 aliphatic carbocycles. The highest BCUT2D eigenvalue weighted by atomic mass is 15.1. The summed E-state index contributed by atoms with van der Waals surface area (Å²) in [6.07, 6.45) is 11.6. The van der Waals surface area contributed by atoms with Crippen molar-refractivity contribution in [3.63, 3.8) is 0 Å². The van der Waals surface area contributed by atoms with Crippen molar-refractivity contribution in [2.75, 3.05) is 6.54 Å². The highest BCUT2D eigenvalue weighted by molar-refractivity contribution is 5.78. The third-order valence-electron chi connectivity index (χ3n) is 4.83. The Bertz CT molecular complexity index is 843. The molecule has 0 radical (unpaired) electrons. The van der Waals surface area contributed by atoms with Gasteiger partial charge in [-0.15, -0.1) is 0 Å². The van der Waals surface area contributed by atoms with Gasteiger partial charge in [0.05, 0.1) is 0 Å². The largest absolute Gasteiger partial charge is 0.370 e. The number of benzene rings is 1. The fourth-order valence-electron chi connectivity index (χ4n) is 3.64. The minimum Gasteiger partial charge on any atom is -0.370 e. The van der Waals surface area contributed by atoms with Crippen LogP contribution in [0, 0.1) is 0 Å². The number of H-pyrrole nitrogens is 1. The van der Waals surface area contributed by atoms with Crippen molar-refractivity contribution in [1.29, 1.82) is 0 Å². The summed E-state index contributed by atoms with van der Waals surface area (Å²) in [7, 11) is 2.07. The number of aromatic nitrogens is 3. The van der Waals surface area contributed by atoms with Gasteiger partial charge in [-0.05, 0) is 30.9 Å². The van der Waals surface area contributed by atoms with Gasteiger partial charge in [-0.2, -0.15) is 0 Å². The number of hydrogen-bond donors (Lipinski definition) is 1. The van der Waals surface area contributed by atoms with Crippen LogP contribution in [0.5, 0.6) is 0 Å². The van der Waals surface area contributed by atoms with Gasteiger partial charge >= 0.3 is 0 Å². The number of allylic oxidation sites excluding steroid dienone is 1. The highest BCUT2D eigenvalue weighted by Crippen LogP contribution is 2.33. The van der Waals surface area contributed by atoms with Gasteiger partial charge in [0.25, 0.3) is 0 Å². The maximum Gasteiger partial charge on any atom is 0.139 e. The summed E-state index contributed by atoms with van der Waals surface area (Å²) in [5.74, 6) is 0.959. The first kappa shape index (κ1) is 15.8. The topological polar surface area (TPSA) is 36.9 Å². The van der Waals surface area contributed by atoms with Crippen LogP contribution in [0.15, 0.2) is 66.9 Å². The SMILES string of the molecule is Cn1ccc(C(=C2CCCCN2Cc2ccccc2)c2ncc[nH]2)c1. The number of piperidine rings is 1. The van der Waals surface area contributed by atoms with E-state index in [4.69, 9.17) is 0 Å². The monoisotopic (exact) mass is 332 g/mol. The number of rotatable bonds is 4. The molecule has 2 aromatic heterocycles. The number of aryl methyl sites for hydroxylation is 1. The Kier molecular flexibility index (Phi) is 4.42. The van der Waals surface area contributed by atoms with Gasteiger partial charge in [-0.3, -0.25) is 0 Å². The van der Waals surface area contributed by atoms with Gasteiger partial charge < -0.3 is 14.5 Å². The molecule has 4 rings (SSSR count). The van der Waals surface area contributed by atoms with Crippen molar-refractivity contribution in [2.24, 2.45) is 7.05 Å². The Balaban J connectivity index is 1.78. The van der Waals surface area contributed by atoms with E-state index in [1.165, 1.54) is 35.2 Å². The summed E-state index contributed by atoms with van der Waals surface area (Å²) < 4.78 is 2.10. The van der Waals surface area contributed by atoms with Crippen LogP contribution in [0.1, 0.15) is 36.2 Å². The minimum atomic E-state index is 0.952. The van der Waals surface area contributed by atoms with E-state index >= 15 is 0 Å². The number of imidazole rings is 1. The molecule has 1 N–H and O–H groups in total. The lowest BCUT2D eigenvalue weighted by molar-refractivity contribution is 0.284. The summed E-state index contributed by atoms with van der Waals surface area (Å²) in [5, 5.41) is 0. The van der Waals surface area contributed by atoms with Crippen molar-refractivity contribution < 1.29 is 0 Å². The van der Waals surface area contributed by atoms with Crippen LogP contribution in [-0.4, -0.2) is 26.0 Å². The Morgan fingerprint density at radius 1 is 1.16 bits per heavy atom. The molecule has 0 saturated carbocycles. The summed E-state index contributed by atoms with van der Waals surface area (Å²) in [4.78, 5) is 10.4. The lowest BCUT2D eigenvalue weighted by Gasteiger charge is -2.33. The van der Waals surface area contributed by atoms with Crippen molar-refractivity contribution in [1.82, 2.24) is 19.4 Å². The molecule has 1 saturated heterocycles. The second-order valence-electron chi connectivity index (χ2n) is 6.69. The predicted octanol–water partition coefficient (Wildman–Crippen LogP) is 4.19. The predicted molar refractivity (Wildman–Crippen MR) is 101 cm³/mol. The van der Waals surface area contributed by atoms with Gasteiger partial charge in [-0.25, -0.2) is 4.98 Å². The Morgan fingerprint density at radius 2 is 2.04 bits per heavy atom. The van der Waals surface area contributed by atoms with Crippen LogP contribution in [0.25, 0.3) is 5.57 Å². The first-order chi connectivity index (χ1) is 12.3. The zero-order valence-corrected chi connectivity index (χ0v) is 14.7. The molecule has 25 heavy (non-hydrogen) atoms. The number of nitrogens with one attached hydrogen (secondary N) is 1. The van der Waals surface area contributed by atoms with Crippen molar-refractivity contribution in [2.45, 2.75) is 25.8 Å². The lowest BCUT2D eigenvalue weighted by atomic mass is 9.97. The standard InChI is InChI=1S/C21H24N4/c1-24-14-10-18(16-24)20(21-22-11-12-23-21)19-9-5-6-13-25(19)15-17-7-3-2-4-8-17/h2-4,7-8,10-12,14,16H,5-6,9,13,15H2,1H3,(H,22,23). The molecule has 0 atom stereocenters. The molecule has 3 aromatic rings. The van der Waals surface area contributed by atoms with Crippen LogP contribution in [0.3, 0.4) is 0 Å². The molecule has 3 heterocycles. The van der Waals surface area contributed by atoms with Crippen molar-refractivity contribution in [3.05, 3.63) is 83.8 Å². The van der Waals surface area contributed by atoms with Gasteiger partial charge in [-0.1, -0.05) is 30.3 Å². The molecule has 128 valence electrons. The molecule has 4 nitrogen and oxygen atoms in total. The summed E-state index contributed by atoms with van der Waals surface area (Å²) in [5.41, 5.74) is 5.22. The molecule has 1 aliphatic rings. The lowest BCUT2D eigenvalue weighted by Crippen LogP contribution is -2.28. The van der Waals surface area contributed by atoms with Crippen LogP contribution in [0.4, 0.5) is 0 Å². The number of nitrogens with zero attached hydrogens (tertiary/aromatic N) is 3. The highest BCUT2D eigenvalue weighted by Gasteiger charge is 2.23. The molecule has 0 unspecified atom stereocenters. The van der Waals surface area contributed by atoms with E-state index in [1.54, 1.807) is 0 Å². The fraction of sp³-hybridized carbons (Fsp3) is 0.286. The third kappa shape index (κ3) is 3.38.